The monoisotopic (exact) mass is 377 g/mol. The summed E-state index contributed by atoms with van der Waals surface area (Å²) in [6.45, 7) is 0. The van der Waals surface area contributed by atoms with Crippen LogP contribution < -0.4 is 5.32 Å². The molecule has 3 rings (SSSR count). The van der Waals surface area contributed by atoms with E-state index in [1.165, 1.54) is 12.1 Å². The van der Waals surface area contributed by atoms with E-state index in [2.05, 4.69) is 15.3 Å². The van der Waals surface area contributed by atoms with E-state index in [4.69, 9.17) is 34.8 Å². The number of carbonyl (C=O) groups is 1. The van der Waals surface area contributed by atoms with Crippen LogP contribution in [0.3, 0.4) is 0 Å². The minimum absolute atomic E-state index is 0.206. The van der Waals surface area contributed by atoms with Crippen molar-refractivity contribution in [3.05, 3.63) is 75.6 Å². The van der Waals surface area contributed by atoms with E-state index in [1.54, 1.807) is 42.6 Å². The molecule has 0 saturated carbocycles. The van der Waals surface area contributed by atoms with Crippen molar-refractivity contribution in [1.82, 2.24) is 9.97 Å². The molecule has 1 amide bonds. The maximum atomic E-state index is 12.3. The predicted octanol–water partition coefficient (Wildman–Crippen LogP) is 5.36. The molecule has 0 aliphatic heterocycles. The van der Waals surface area contributed by atoms with Gasteiger partial charge >= 0.3 is 0 Å². The molecule has 0 unspecified atom stereocenters. The van der Waals surface area contributed by atoms with Crippen molar-refractivity contribution in [1.29, 1.82) is 0 Å². The summed E-state index contributed by atoms with van der Waals surface area (Å²) in [5.74, 6) is -0.285. The van der Waals surface area contributed by atoms with Gasteiger partial charge in [0.05, 0.1) is 10.7 Å². The van der Waals surface area contributed by atoms with Crippen LogP contribution in [0.1, 0.15) is 10.4 Å². The fourth-order valence-electron chi connectivity index (χ4n) is 2.12. The van der Waals surface area contributed by atoms with Crippen molar-refractivity contribution in [2.75, 3.05) is 5.32 Å². The van der Waals surface area contributed by atoms with Crippen LogP contribution in [0, 0.1) is 0 Å². The van der Waals surface area contributed by atoms with Gasteiger partial charge in [-0.1, -0.05) is 46.9 Å². The molecule has 24 heavy (non-hydrogen) atoms. The van der Waals surface area contributed by atoms with Crippen LogP contribution in [0.5, 0.6) is 0 Å². The summed E-state index contributed by atoms with van der Waals surface area (Å²) in [5, 5.41) is 3.69. The Kier molecular flexibility index (Phi) is 5.00. The molecule has 1 N–H and O–H groups in total. The van der Waals surface area contributed by atoms with Gasteiger partial charge in [-0.15, -0.1) is 0 Å². The molecule has 0 radical (unpaired) electrons. The van der Waals surface area contributed by atoms with Crippen molar-refractivity contribution in [2.45, 2.75) is 0 Å². The number of hydrogen-bond donors (Lipinski definition) is 1. The maximum absolute atomic E-state index is 12.3. The fraction of sp³-hybridized carbons (Fsp3) is 0. The number of hydrogen-bond acceptors (Lipinski definition) is 3. The number of amides is 1. The van der Waals surface area contributed by atoms with Crippen molar-refractivity contribution >= 4 is 46.4 Å². The molecule has 1 aromatic carbocycles. The summed E-state index contributed by atoms with van der Waals surface area (Å²) in [4.78, 5) is 20.4. The average Bonchev–Trinajstić information content (AvgIpc) is 2.54. The van der Waals surface area contributed by atoms with Gasteiger partial charge in [-0.05, 0) is 36.4 Å². The van der Waals surface area contributed by atoms with E-state index in [0.717, 1.165) is 5.56 Å². The second kappa shape index (κ2) is 7.18. The highest BCUT2D eigenvalue weighted by Crippen LogP contribution is 2.25. The number of halogens is 3. The Labute approximate surface area is 153 Å². The molecule has 120 valence electrons. The predicted molar refractivity (Wildman–Crippen MR) is 96.9 cm³/mol. The highest BCUT2D eigenvalue weighted by atomic mass is 35.5. The number of benzene rings is 1. The van der Waals surface area contributed by atoms with E-state index in [9.17, 15) is 4.79 Å². The largest absolute Gasteiger partial charge is 0.322 e. The lowest BCUT2D eigenvalue weighted by atomic mass is 10.1. The zero-order valence-electron chi connectivity index (χ0n) is 12.1. The molecule has 0 fully saturated rings. The third-order valence-electron chi connectivity index (χ3n) is 3.20. The molecule has 0 aliphatic carbocycles. The molecule has 2 heterocycles. The third-order valence-corrected chi connectivity index (χ3v) is 3.89. The Balaban J connectivity index is 1.80. The fourth-order valence-corrected chi connectivity index (χ4v) is 2.81. The lowest BCUT2D eigenvalue weighted by molar-refractivity contribution is 0.102. The lowest BCUT2D eigenvalue weighted by Gasteiger charge is -2.07. The molecule has 0 spiro atoms. The van der Waals surface area contributed by atoms with E-state index in [-0.39, 0.29) is 16.2 Å². The summed E-state index contributed by atoms with van der Waals surface area (Å²) >= 11 is 17.8. The van der Waals surface area contributed by atoms with Crippen LogP contribution in [0.25, 0.3) is 11.3 Å². The Morgan fingerprint density at radius 1 is 0.958 bits per heavy atom. The topological polar surface area (TPSA) is 54.9 Å². The second-order valence-electron chi connectivity index (χ2n) is 4.87. The Morgan fingerprint density at radius 2 is 1.62 bits per heavy atom. The first-order chi connectivity index (χ1) is 11.5. The van der Waals surface area contributed by atoms with E-state index in [1.807, 2.05) is 0 Å². The van der Waals surface area contributed by atoms with Crippen LogP contribution in [0.2, 0.25) is 15.3 Å². The number of rotatable bonds is 3. The minimum Gasteiger partial charge on any atom is -0.322 e. The normalized spacial score (nSPS) is 10.5. The lowest BCUT2D eigenvalue weighted by Crippen LogP contribution is -2.11. The molecule has 4 nitrogen and oxygen atoms in total. The zero-order chi connectivity index (χ0) is 17.1. The van der Waals surface area contributed by atoms with Gasteiger partial charge in [0.1, 0.15) is 10.3 Å². The Hall–Kier alpha value is -2.14. The third kappa shape index (κ3) is 3.85. The van der Waals surface area contributed by atoms with Gasteiger partial charge in [-0.25, -0.2) is 4.98 Å². The van der Waals surface area contributed by atoms with Crippen LogP contribution in [0.4, 0.5) is 5.69 Å². The van der Waals surface area contributed by atoms with Gasteiger partial charge in [-0.3, -0.25) is 9.78 Å². The van der Waals surface area contributed by atoms with Crippen molar-refractivity contribution in [3.63, 3.8) is 0 Å². The summed E-state index contributed by atoms with van der Waals surface area (Å²) in [6.07, 6.45) is 1.67. The first-order valence-electron chi connectivity index (χ1n) is 6.88. The standard InChI is InChI=1S/C17H10Cl3N3O/c18-13-2-1-7-21-16(13)10-3-5-11(6-4-10)17(24)22-12-8-14(19)23-15(20)9-12/h1-9H,(H,22,23,24). The maximum Gasteiger partial charge on any atom is 0.255 e. The zero-order valence-corrected chi connectivity index (χ0v) is 14.4. The van der Waals surface area contributed by atoms with E-state index >= 15 is 0 Å². The number of nitrogens with one attached hydrogen (secondary N) is 1. The van der Waals surface area contributed by atoms with Gasteiger partial charge in [0.2, 0.25) is 0 Å². The number of carbonyl (C=O) groups excluding carboxylic acids is 1. The number of aromatic nitrogens is 2. The van der Waals surface area contributed by atoms with Crippen LogP contribution in [-0.4, -0.2) is 15.9 Å². The quantitative estimate of drug-likeness (QED) is 0.624. The van der Waals surface area contributed by atoms with Crippen molar-refractivity contribution in [2.24, 2.45) is 0 Å². The molecule has 3 aromatic rings. The molecule has 2 aromatic heterocycles. The van der Waals surface area contributed by atoms with Gasteiger partial charge in [-0.2, -0.15) is 0 Å². The average molecular weight is 379 g/mol. The Bertz CT molecular complexity index is 878. The van der Waals surface area contributed by atoms with Crippen LogP contribution in [-0.2, 0) is 0 Å². The first kappa shape index (κ1) is 16.7. The highest BCUT2D eigenvalue weighted by molar-refractivity contribution is 6.33. The smallest absolute Gasteiger partial charge is 0.255 e. The second-order valence-corrected chi connectivity index (χ2v) is 6.05. The summed E-state index contributed by atoms with van der Waals surface area (Å²) in [7, 11) is 0. The SMILES string of the molecule is O=C(Nc1cc(Cl)nc(Cl)c1)c1ccc(-c2ncccc2Cl)cc1. The summed E-state index contributed by atoms with van der Waals surface area (Å²) < 4.78 is 0. The minimum atomic E-state index is -0.285. The molecule has 0 aliphatic rings. The molecule has 0 saturated heterocycles. The summed E-state index contributed by atoms with van der Waals surface area (Å²) in [6, 6.07) is 13.5. The van der Waals surface area contributed by atoms with Crippen molar-refractivity contribution < 1.29 is 4.79 Å². The number of anilines is 1. The van der Waals surface area contributed by atoms with Gasteiger partial charge in [0.25, 0.3) is 5.91 Å². The summed E-state index contributed by atoms with van der Waals surface area (Å²) in [5.41, 5.74) is 2.45. The Morgan fingerprint density at radius 3 is 2.25 bits per heavy atom. The molecular weight excluding hydrogens is 369 g/mol. The van der Waals surface area contributed by atoms with E-state index < -0.39 is 0 Å². The van der Waals surface area contributed by atoms with Gasteiger partial charge in [0.15, 0.2) is 0 Å². The molecule has 0 atom stereocenters. The van der Waals surface area contributed by atoms with Crippen molar-refractivity contribution in [3.8, 4) is 11.3 Å². The van der Waals surface area contributed by atoms with Gasteiger partial charge in [0, 0.05) is 23.0 Å². The number of nitrogens with zero attached hydrogens (tertiary/aromatic N) is 2. The highest BCUT2D eigenvalue weighted by Gasteiger charge is 2.09. The molecular formula is C17H10Cl3N3O. The van der Waals surface area contributed by atoms with Crippen LogP contribution >= 0.6 is 34.8 Å². The number of pyridine rings is 2. The van der Waals surface area contributed by atoms with E-state index in [0.29, 0.717) is 22.0 Å². The molecule has 0 bridgehead atoms. The van der Waals surface area contributed by atoms with Gasteiger partial charge < -0.3 is 5.32 Å². The first-order valence-corrected chi connectivity index (χ1v) is 8.02. The molecule has 7 heteroatoms. The van der Waals surface area contributed by atoms with Crippen LogP contribution in [0.15, 0.2) is 54.7 Å².